The number of rotatable bonds is 6. The van der Waals surface area contributed by atoms with Crippen LogP contribution in [0.15, 0.2) is 18.2 Å². The van der Waals surface area contributed by atoms with Crippen LogP contribution in [0.25, 0.3) is 0 Å². The summed E-state index contributed by atoms with van der Waals surface area (Å²) in [5.41, 5.74) is 1.78. The average Bonchev–Trinajstić information content (AvgIpc) is 2.48. The van der Waals surface area contributed by atoms with Gasteiger partial charge in [-0.2, -0.15) is 0 Å². The molecule has 2 unspecified atom stereocenters. The molecule has 0 radical (unpaired) electrons. The lowest BCUT2D eigenvalue weighted by Crippen LogP contribution is -2.27. The number of halogens is 1. The fourth-order valence-electron chi connectivity index (χ4n) is 3.11. The van der Waals surface area contributed by atoms with Crippen molar-refractivity contribution in [3.63, 3.8) is 0 Å². The number of benzene rings is 1. The average molecular weight is 279 g/mol. The summed E-state index contributed by atoms with van der Waals surface area (Å²) in [6.45, 7) is 3.37. The van der Waals surface area contributed by atoms with Crippen molar-refractivity contribution in [1.29, 1.82) is 0 Å². The molecule has 1 saturated carbocycles. The maximum Gasteiger partial charge on any atom is 0.128 e. The Balaban J connectivity index is 1.96. The predicted molar refractivity (Wildman–Crippen MR) is 80.0 cm³/mol. The van der Waals surface area contributed by atoms with E-state index in [4.69, 9.17) is 4.74 Å². The Morgan fingerprint density at radius 2 is 2.10 bits per heavy atom. The van der Waals surface area contributed by atoms with Gasteiger partial charge in [0.05, 0.1) is 12.7 Å². The molecule has 2 nitrogen and oxygen atoms in total. The summed E-state index contributed by atoms with van der Waals surface area (Å²) in [5, 5.41) is 3.09. The largest absolute Gasteiger partial charge is 0.373 e. The van der Waals surface area contributed by atoms with Crippen LogP contribution in [0.4, 0.5) is 4.39 Å². The SMILES string of the molecule is CCC1CCCCC1OCc1cc(CNC)ccc1F. The van der Waals surface area contributed by atoms with Gasteiger partial charge in [0.25, 0.3) is 0 Å². The second-order valence-electron chi connectivity index (χ2n) is 5.76. The van der Waals surface area contributed by atoms with Gasteiger partial charge in [-0.25, -0.2) is 4.39 Å². The molecule has 0 heterocycles. The number of nitrogens with one attached hydrogen (secondary N) is 1. The van der Waals surface area contributed by atoms with E-state index in [9.17, 15) is 4.39 Å². The van der Waals surface area contributed by atoms with Crippen molar-refractivity contribution in [2.45, 2.75) is 58.3 Å². The monoisotopic (exact) mass is 279 g/mol. The van der Waals surface area contributed by atoms with Gasteiger partial charge in [-0.1, -0.05) is 32.3 Å². The van der Waals surface area contributed by atoms with Gasteiger partial charge in [-0.3, -0.25) is 0 Å². The smallest absolute Gasteiger partial charge is 0.128 e. The number of ether oxygens (including phenoxy) is 1. The van der Waals surface area contributed by atoms with Crippen LogP contribution in [0.5, 0.6) is 0 Å². The van der Waals surface area contributed by atoms with Gasteiger partial charge in [0.2, 0.25) is 0 Å². The second-order valence-corrected chi connectivity index (χ2v) is 5.76. The summed E-state index contributed by atoms with van der Waals surface area (Å²) in [6.07, 6.45) is 6.39. The van der Waals surface area contributed by atoms with Crippen LogP contribution < -0.4 is 5.32 Å². The molecular formula is C17H26FNO. The van der Waals surface area contributed by atoms with E-state index >= 15 is 0 Å². The van der Waals surface area contributed by atoms with Crippen molar-refractivity contribution >= 4 is 0 Å². The lowest BCUT2D eigenvalue weighted by atomic mass is 9.85. The highest BCUT2D eigenvalue weighted by Crippen LogP contribution is 2.30. The number of hydrogen-bond acceptors (Lipinski definition) is 2. The fourth-order valence-corrected chi connectivity index (χ4v) is 3.11. The zero-order valence-corrected chi connectivity index (χ0v) is 12.6. The Morgan fingerprint density at radius 3 is 2.85 bits per heavy atom. The lowest BCUT2D eigenvalue weighted by molar-refractivity contribution is -0.0231. The first-order valence-electron chi connectivity index (χ1n) is 7.78. The van der Waals surface area contributed by atoms with Gasteiger partial charge in [0.1, 0.15) is 5.82 Å². The summed E-state index contributed by atoms with van der Waals surface area (Å²) in [6, 6.07) is 5.28. The van der Waals surface area contributed by atoms with Crippen molar-refractivity contribution in [2.75, 3.05) is 7.05 Å². The molecule has 3 heteroatoms. The van der Waals surface area contributed by atoms with E-state index < -0.39 is 0 Å². The number of hydrogen-bond donors (Lipinski definition) is 1. The van der Waals surface area contributed by atoms with Crippen LogP contribution in [0.1, 0.15) is 50.2 Å². The normalized spacial score (nSPS) is 22.9. The third kappa shape index (κ3) is 4.03. The third-order valence-electron chi connectivity index (χ3n) is 4.31. The van der Waals surface area contributed by atoms with E-state index in [1.807, 2.05) is 19.2 Å². The highest BCUT2D eigenvalue weighted by Gasteiger charge is 2.24. The highest BCUT2D eigenvalue weighted by atomic mass is 19.1. The molecule has 1 aromatic rings. The van der Waals surface area contributed by atoms with Crippen LogP contribution in [0.2, 0.25) is 0 Å². The van der Waals surface area contributed by atoms with Crippen molar-refractivity contribution in [3.05, 3.63) is 35.1 Å². The molecule has 0 saturated heterocycles. The van der Waals surface area contributed by atoms with Crippen molar-refractivity contribution in [3.8, 4) is 0 Å². The fraction of sp³-hybridized carbons (Fsp3) is 0.647. The van der Waals surface area contributed by atoms with E-state index in [-0.39, 0.29) is 5.82 Å². The molecule has 2 rings (SSSR count). The van der Waals surface area contributed by atoms with Crippen LogP contribution in [0, 0.1) is 11.7 Å². The van der Waals surface area contributed by atoms with Gasteiger partial charge in [0, 0.05) is 12.1 Å². The molecule has 112 valence electrons. The van der Waals surface area contributed by atoms with Crippen molar-refractivity contribution in [2.24, 2.45) is 5.92 Å². The third-order valence-corrected chi connectivity index (χ3v) is 4.31. The molecule has 1 aromatic carbocycles. The zero-order valence-electron chi connectivity index (χ0n) is 12.6. The maximum atomic E-state index is 13.8. The molecule has 2 atom stereocenters. The van der Waals surface area contributed by atoms with E-state index in [1.54, 1.807) is 6.07 Å². The second kappa shape index (κ2) is 7.75. The van der Waals surface area contributed by atoms with Crippen LogP contribution in [0.3, 0.4) is 0 Å². The van der Waals surface area contributed by atoms with Crippen LogP contribution >= 0.6 is 0 Å². The molecule has 0 aromatic heterocycles. The predicted octanol–water partition coefficient (Wildman–Crippen LogP) is 4.03. The van der Waals surface area contributed by atoms with Crippen LogP contribution in [-0.4, -0.2) is 13.2 Å². The summed E-state index contributed by atoms with van der Waals surface area (Å²) >= 11 is 0. The Bertz CT molecular complexity index is 421. The summed E-state index contributed by atoms with van der Waals surface area (Å²) in [4.78, 5) is 0. The molecule has 0 spiro atoms. The molecule has 0 aliphatic heterocycles. The molecule has 1 aliphatic rings. The van der Waals surface area contributed by atoms with Gasteiger partial charge < -0.3 is 10.1 Å². The quantitative estimate of drug-likeness (QED) is 0.849. The Hall–Kier alpha value is -0.930. The van der Waals surface area contributed by atoms with Gasteiger partial charge in [-0.15, -0.1) is 0 Å². The first kappa shape index (κ1) is 15.5. The molecular weight excluding hydrogens is 253 g/mol. The summed E-state index contributed by atoms with van der Waals surface area (Å²) in [7, 11) is 1.90. The van der Waals surface area contributed by atoms with E-state index in [2.05, 4.69) is 12.2 Å². The highest BCUT2D eigenvalue weighted by molar-refractivity contribution is 5.24. The maximum absolute atomic E-state index is 13.8. The lowest BCUT2D eigenvalue weighted by Gasteiger charge is -2.30. The van der Waals surface area contributed by atoms with Gasteiger partial charge >= 0.3 is 0 Å². The molecule has 0 bridgehead atoms. The first-order chi connectivity index (χ1) is 9.74. The van der Waals surface area contributed by atoms with Gasteiger partial charge in [0.15, 0.2) is 0 Å². The summed E-state index contributed by atoms with van der Waals surface area (Å²) < 4.78 is 19.9. The summed E-state index contributed by atoms with van der Waals surface area (Å²) in [5.74, 6) is 0.487. The minimum Gasteiger partial charge on any atom is -0.373 e. The van der Waals surface area contributed by atoms with Crippen molar-refractivity contribution < 1.29 is 9.13 Å². The Kier molecular flexibility index (Phi) is 5.99. The standard InChI is InChI=1S/C17H26FNO/c1-3-14-6-4-5-7-17(14)20-12-15-10-13(11-19-2)8-9-16(15)18/h8-10,14,17,19H,3-7,11-12H2,1-2H3. The van der Waals surface area contributed by atoms with E-state index in [1.165, 1.54) is 19.3 Å². The van der Waals surface area contributed by atoms with E-state index in [0.29, 0.717) is 24.2 Å². The Morgan fingerprint density at radius 1 is 1.30 bits per heavy atom. The first-order valence-corrected chi connectivity index (χ1v) is 7.78. The Labute approximate surface area is 121 Å². The molecule has 0 amide bonds. The van der Waals surface area contributed by atoms with Gasteiger partial charge in [-0.05, 0) is 43.5 Å². The van der Waals surface area contributed by atoms with Crippen LogP contribution in [-0.2, 0) is 17.9 Å². The molecule has 1 fully saturated rings. The topological polar surface area (TPSA) is 21.3 Å². The molecule has 1 aliphatic carbocycles. The minimum absolute atomic E-state index is 0.159. The molecule has 1 N–H and O–H groups in total. The molecule has 20 heavy (non-hydrogen) atoms. The van der Waals surface area contributed by atoms with E-state index in [0.717, 1.165) is 24.9 Å². The van der Waals surface area contributed by atoms with Crippen molar-refractivity contribution in [1.82, 2.24) is 5.32 Å². The minimum atomic E-state index is -0.159. The zero-order chi connectivity index (χ0) is 14.4.